The van der Waals surface area contributed by atoms with Crippen molar-refractivity contribution in [2.75, 3.05) is 23.3 Å². The Morgan fingerprint density at radius 3 is 2.62 bits per heavy atom. The number of carbonyl (C=O) groups is 2. The van der Waals surface area contributed by atoms with Gasteiger partial charge in [-0.1, -0.05) is 38.1 Å². The van der Waals surface area contributed by atoms with Crippen molar-refractivity contribution >= 4 is 23.1 Å². The van der Waals surface area contributed by atoms with Crippen molar-refractivity contribution in [1.82, 2.24) is 5.32 Å². The van der Waals surface area contributed by atoms with Crippen LogP contribution in [0.15, 0.2) is 59.8 Å². The number of nitrogens with one attached hydrogen (secondary N) is 2. The summed E-state index contributed by atoms with van der Waals surface area (Å²) in [5, 5.41) is 6.47. The average molecular weight is 436 g/mol. The second kappa shape index (κ2) is 8.77. The zero-order valence-electron chi connectivity index (χ0n) is 18.9. The maximum absolute atomic E-state index is 13.1. The first-order valence-corrected chi connectivity index (χ1v) is 11.1. The summed E-state index contributed by atoms with van der Waals surface area (Å²) < 4.78 is 13.1. The van der Waals surface area contributed by atoms with Crippen LogP contribution in [0, 0.1) is 11.2 Å². The van der Waals surface area contributed by atoms with E-state index < -0.39 is 0 Å². The monoisotopic (exact) mass is 435 g/mol. The lowest BCUT2D eigenvalue weighted by atomic mass is 9.74. The van der Waals surface area contributed by atoms with Crippen molar-refractivity contribution in [3.8, 4) is 0 Å². The van der Waals surface area contributed by atoms with Gasteiger partial charge in [0.2, 0.25) is 5.91 Å². The predicted molar refractivity (Wildman–Crippen MR) is 125 cm³/mol. The third-order valence-corrected chi connectivity index (χ3v) is 6.27. The molecule has 4 rings (SSSR count). The van der Waals surface area contributed by atoms with E-state index in [4.69, 9.17) is 0 Å². The molecule has 0 saturated carbocycles. The SMILES string of the molecule is CC1C2=C(CC(C)(C)CC2=O)Nc2ccccc2N1CC(=O)NCCc1ccc(F)cc1. The molecule has 6 heteroatoms. The van der Waals surface area contributed by atoms with Gasteiger partial charge in [-0.15, -0.1) is 0 Å². The highest BCUT2D eigenvalue weighted by Gasteiger charge is 2.39. The number of hydrogen-bond donors (Lipinski definition) is 2. The Hall–Kier alpha value is -3.15. The summed E-state index contributed by atoms with van der Waals surface area (Å²) in [6.07, 6.45) is 1.93. The minimum Gasteiger partial charge on any atom is -0.357 e. The van der Waals surface area contributed by atoms with Gasteiger partial charge in [-0.25, -0.2) is 4.39 Å². The van der Waals surface area contributed by atoms with E-state index in [0.717, 1.165) is 34.6 Å². The third kappa shape index (κ3) is 4.69. The van der Waals surface area contributed by atoms with E-state index in [1.807, 2.05) is 36.1 Å². The molecule has 1 aliphatic heterocycles. The fraction of sp³-hybridized carbons (Fsp3) is 0.385. The molecule has 1 atom stereocenters. The normalized spacial score (nSPS) is 19.6. The van der Waals surface area contributed by atoms with Crippen LogP contribution < -0.4 is 15.5 Å². The molecule has 0 aromatic heterocycles. The van der Waals surface area contributed by atoms with Gasteiger partial charge in [0.25, 0.3) is 0 Å². The number of carbonyl (C=O) groups excluding carboxylic acids is 2. The Balaban J connectivity index is 1.52. The summed E-state index contributed by atoms with van der Waals surface area (Å²) >= 11 is 0. The molecule has 2 aromatic rings. The average Bonchev–Trinajstić information content (AvgIpc) is 2.83. The number of para-hydroxylation sites is 2. The minimum atomic E-state index is -0.269. The van der Waals surface area contributed by atoms with Gasteiger partial charge in [0.1, 0.15) is 5.82 Å². The van der Waals surface area contributed by atoms with Crippen molar-refractivity contribution in [2.45, 2.75) is 46.1 Å². The molecule has 2 N–H and O–H groups in total. The van der Waals surface area contributed by atoms with Crippen LogP contribution >= 0.6 is 0 Å². The van der Waals surface area contributed by atoms with E-state index in [1.54, 1.807) is 12.1 Å². The van der Waals surface area contributed by atoms with E-state index in [-0.39, 0.29) is 35.5 Å². The number of amides is 1. The second-order valence-corrected chi connectivity index (χ2v) is 9.51. The minimum absolute atomic E-state index is 0.0928. The standard InChI is InChI=1S/C26H30FN3O2/c1-17-25-21(14-26(2,3)15-23(25)31)29-20-6-4-5-7-22(20)30(17)16-24(32)28-13-12-18-8-10-19(27)11-9-18/h4-11,17,29H,12-16H2,1-3H3,(H,28,32). The fourth-order valence-corrected chi connectivity index (χ4v) is 4.72. The van der Waals surface area contributed by atoms with Crippen LogP contribution in [0.1, 0.15) is 39.2 Å². The van der Waals surface area contributed by atoms with E-state index in [9.17, 15) is 14.0 Å². The van der Waals surface area contributed by atoms with Crippen molar-refractivity contribution in [2.24, 2.45) is 5.41 Å². The quantitative estimate of drug-likeness (QED) is 0.729. The zero-order valence-corrected chi connectivity index (χ0v) is 18.9. The van der Waals surface area contributed by atoms with E-state index in [0.29, 0.717) is 19.4 Å². The molecular weight excluding hydrogens is 405 g/mol. The summed E-state index contributed by atoms with van der Waals surface area (Å²) in [4.78, 5) is 27.9. The summed E-state index contributed by atoms with van der Waals surface area (Å²) in [6, 6.07) is 14.0. The number of hydrogen-bond acceptors (Lipinski definition) is 4. The Morgan fingerprint density at radius 2 is 1.88 bits per heavy atom. The first-order chi connectivity index (χ1) is 15.2. The van der Waals surface area contributed by atoms with Crippen molar-refractivity contribution in [1.29, 1.82) is 0 Å². The molecule has 0 radical (unpaired) electrons. The van der Waals surface area contributed by atoms with Gasteiger partial charge in [0, 0.05) is 24.2 Å². The molecule has 1 unspecified atom stereocenters. The van der Waals surface area contributed by atoms with Gasteiger partial charge >= 0.3 is 0 Å². The van der Waals surface area contributed by atoms with E-state index in [1.165, 1.54) is 12.1 Å². The molecule has 0 spiro atoms. The largest absolute Gasteiger partial charge is 0.357 e. The fourth-order valence-electron chi connectivity index (χ4n) is 4.72. The Morgan fingerprint density at radius 1 is 1.16 bits per heavy atom. The number of allylic oxidation sites excluding steroid dienone is 1. The third-order valence-electron chi connectivity index (χ3n) is 6.27. The lowest BCUT2D eigenvalue weighted by molar-refractivity contribution is -0.120. The lowest BCUT2D eigenvalue weighted by Gasteiger charge is -2.36. The van der Waals surface area contributed by atoms with Crippen molar-refractivity contribution in [3.05, 3.63) is 71.2 Å². The molecule has 2 aliphatic rings. The first-order valence-electron chi connectivity index (χ1n) is 11.1. The topological polar surface area (TPSA) is 61.4 Å². The number of rotatable bonds is 5. The summed E-state index contributed by atoms with van der Waals surface area (Å²) in [5.74, 6) is -0.235. The van der Waals surface area contributed by atoms with Crippen molar-refractivity contribution < 1.29 is 14.0 Å². The van der Waals surface area contributed by atoms with E-state index >= 15 is 0 Å². The summed E-state index contributed by atoms with van der Waals surface area (Å²) in [5.41, 5.74) is 4.44. The highest BCUT2D eigenvalue weighted by atomic mass is 19.1. The van der Waals surface area contributed by atoms with Crippen LogP contribution in [0.3, 0.4) is 0 Å². The number of nitrogens with zero attached hydrogens (tertiary/aromatic N) is 1. The number of halogens is 1. The summed E-state index contributed by atoms with van der Waals surface area (Å²) in [6.45, 7) is 6.85. The molecule has 2 aromatic carbocycles. The van der Waals surface area contributed by atoms with E-state index in [2.05, 4.69) is 24.5 Å². The van der Waals surface area contributed by atoms with Crippen LogP contribution in [-0.4, -0.2) is 30.8 Å². The highest BCUT2D eigenvalue weighted by molar-refractivity contribution is 6.01. The molecule has 0 saturated heterocycles. The number of benzene rings is 2. The summed E-state index contributed by atoms with van der Waals surface area (Å²) in [7, 11) is 0. The Bertz CT molecular complexity index is 1060. The van der Waals surface area contributed by atoms with Crippen LogP contribution in [0.25, 0.3) is 0 Å². The number of ketones is 1. The first kappa shape index (κ1) is 22.1. The molecule has 1 amide bonds. The number of fused-ring (bicyclic) bond motifs is 1. The van der Waals surface area contributed by atoms with Gasteiger partial charge in [-0.2, -0.15) is 0 Å². The molecule has 1 heterocycles. The van der Waals surface area contributed by atoms with Gasteiger partial charge in [0.05, 0.1) is 24.0 Å². The van der Waals surface area contributed by atoms with Crippen LogP contribution in [0.2, 0.25) is 0 Å². The molecule has 168 valence electrons. The smallest absolute Gasteiger partial charge is 0.239 e. The van der Waals surface area contributed by atoms with Crippen LogP contribution in [0.4, 0.5) is 15.8 Å². The molecular formula is C26H30FN3O2. The van der Waals surface area contributed by atoms with Crippen LogP contribution in [0.5, 0.6) is 0 Å². The second-order valence-electron chi connectivity index (χ2n) is 9.51. The highest BCUT2D eigenvalue weighted by Crippen LogP contribution is 2.43. The Labute approximate surface area is 188 Å². The van der Waals surface area contributed by atoms with Gasteiger partial charge in [0.15, 0.2) is 5.78 Å². The number of anilines is 2. The maximum Gasteiger partial charge on any atom is 0.239 e. The predicted octanol–water partition coefficient (Wildman–Crippen LogP) is 4.45. The van der Waals surface area contributed by atoms with Gasteiger partial charge < -0.3 is 15.5 Å². The molecule has 5 nitrogen and oxygen atoms in total. The molecule has 1 aliphatic carbocycles. The zero-order chi connectivity index (χ0) is 22.9. The van der Waals surface area contributed by atoms with Crippen molar-refractivity contribution in [3.63, 3.8) is 0 Å². The number of Topliss-reactive ketones (excluding diaryl/α,β-unsaturated/α-hetero) is 1. The molecule has 0 fully saturated rings. The van der Waals surface area contributed by atoms with Gasteiger partial charge in [-0.05, 0) is 55.0 Å². The molecule has 32 heavy (non-hydrogen) atoms. The molecule has 0 bridgehead atoms. The lowest BCUT2D eigenvalue weighted by Crippen LogP contribution is -2.45. The maximum atomic E-state index is 13.1. The van der Waals surface area contributed by atoms with Crippen LogP contribution in [-0.2, 0) is 16.0 Å². The Kier molecular flexibility index (Phi) is 6.04. The van der Waals surface area contributed by atoms with Gasteiger partial charge in [-0.3, -0.25) is 9.59 Å².